The van der Waals surface area contributed by atoms with Crippen molar-refractivity contribution in [2.24, 2.45) is 0 Å². The van der Waals surface area contributed by atoms with Crippen molar-refractivity contribution >= 4 is 29.0 Å². The van der Waals surface area contributed by atoms with Crippen molar-refractivity contribution in [3.05, 3.63) is 90.1 Å². The second-order valence-corrected chi connectivity index (χ2v) is 5.21. The predicted octanol–water partition coefficient (Wildman–Crippen LogP) is 4.50. The normalized spacial score (nSPS) is 11.3. The number of para-hydroxylation sites is 1. The summed E-state index contributed by atoms with van der Waals surface area (Å²) in [5.74, 6) is -0.386. The van der Waals surface area contributed by atoms with Crippen LogP contribution in [0.3, 0.4) is 0 Å². The van der Waals surface area contributed by atoms with Gasteiger partial charge < -0.3 is 4.74 Å². The van der Waals surface area contributed by atoms with E-state index >= 15 is 0 Å². The van der Waals surface area contributed by atoms with Gasteiger partial charge in [0.1, 0.15) is 6.61 Å². The third kappa shape index (κ3) is 4.40. The molecule has 0 aliphatic rings. The van der Waals surface area contributed by atoms with Gasteiger partial charge in [0.15, 0.2) is 0 Å². The van der Waals surface area contributed by atoms with Gasteiger partial charge in [0.05, 0.1) is 11.2 Å². The second-order valence-electron chi connectivity index (χ2n) is 5.21. The fourth-order valence-electron chi connectivity index (χ4n) is 2.25. The molecule has 0 amide bonds. The third-order valence-corrected chi connectivity index (χ3v) is 3.44. The number of carbonyl (C=O) groups excluding carboxylic acids is 1. The van der Waals surface area contributed by atoms with Crippen LogP contribution in [0, 0.1) is 0 Å². The number of fused-ring (bicyclic) bond motifs is 1. The molecule has 3 aromatic rings. The highest BCUT2D eigenvalue weighted by molar-refractivity contribution is 5.87. The van der Waals surface area contributed by atoms with E-state index in [1.807, 2.05) is 78.9 Å². The predicted molar refractivity (Wildman–Crippen MR) is 97.2 cm³/mol. The van der Waals surface area contributed by atoms with Gasteiger partial charge >= 0.3 is 5.97 Å². The summed E-state index contributed by atoms with van der Waals surface area (Å²) in [6.45, 7) is 0.239. The summed E-state index contributed by atoms with van der Waals surface area (Å²) in [6, 6.07) is 21.6. The molecule has 24 heavy (non-hydrogen) atoms. The highest BCUT2D eigenvalue weighted by Gasteiger charge is 1.97. The van der Waals surface area contributed by atoms with E-state index in [0.717, 1.165) is 22.2 Å². The number of esters is 1. The van der Waals surface area contributed by atoms with Crippen molar-refractivity contribution in [1.29, 1.82) is 0 Å². The number of pyridine rings is 1. The number of rotatable bonds is 5. The highest BCUT2D eigenvalue weighted by atomic mass is 16.5. The molecule has 0 atom stereocenters. The van der Waals surface area contributed by atoms with Crippen LogP contribution in [-0.2, 0) is 9.53 Å². The first-order chi connectivity index (χ1) is 11.8. The van der Waals surface area contributed by atoms with Crippen molar-refractivity contribution in [2.45, 2.75) is 0 Å². The average Bonchev–Trinajstić information content (AvgIpc) is 2.64. The van der Waals surface area contributed by atoms with Crippen LogP contribution in [0.4, 0.5) is 0 Å². The first-order valence-electron chi connectivity index (χ1n) is 7.73. The molecule has 118 valence electrons. The molecular formula is C21H17NO2. The van der Waals surface area contributed by atoms with Gasteiger partial charge in [-0.2, -0.15) is 0 Å². The Morgan fingerprint density at radius 1 is 0.917 bits per heavy atom. The minimum Gasteiger partial charge on any atom is -0.458 e. The summed E-state index contributed by atoms with van der Waals surface area (Å²) in [5.41, 5.74) is 2.70. The van der Waals surface area contributed by atoms with Crippen LogP contribution in [-0.4, -0.2) is 17.6 Å². The molecule has 0 bridgehead atoms. The molecule has 1 aromatic heterocycles. The van der Waals surface area contributed by atoms with Crippen LogP contribution < -0.4 is 0 Å². The Balaban J connectivity index is 1.53. The number of benzene rings is 2. The van der Waals surface area contributed by atoms with E-state index in [2.05, 4.69) is 4.98 Å². The van der Waals surface area contributed by atoms with Crippen molar-refractivity contribution in [3.63, 3.8) is 0 Å². The summed E-state index contributed by atoms with van der Waals surface area (Å²) in [6.07, 6.45) is 6.79. The number of nitrogens with zero attached hydrogens (tertiary/aromatic N) is 1. The molecule has 3 rings (SSSR count). The molecule has 0 unspecified atom stereocenters. The Morgan fingerprint density at radius 3 is 2.58 bits per heavy atom. The Hall–Kier alpha value is -3.20. The van der Waals surface area contributed by atoms with E-state index in [4.69, 9.17) is 4.74 Å². The molecule has 0 spiro atoms. The van der Waals surface area contributed by atoms with E-state index in [1.165, 1.54) is 6.08 Å². The Bertz CT molecular complexity index is 882. The minimum absolute atomic E-state index is 0.239. The fraction of sp³-hybridized carbons (Fsp3) is 0.0476. The highest BCUT2D eigenvalue weighted by Crippen LogP contribution is 2.12. The van der Waals surface area contributed by atoms with Gasteiger partial charge in [-0.15, -0.1) is 0 Å². The molecule has 3 heteroatoms. The van der Waals surface area contributed by atoms with Gasteiger partial charge in [-0.3, -0.25) is 0 Å². The first-order valence-corrected chi connectivity index (χ1v) is 7.73. The zero-order chi connectivity index (χ0) is 16.6. The summed E-state index contributed by atoms with van der Waals surface area (Å²) >= 11 is 0. The molecule has 0 aliphatic carbocycles. The zero-order valence-corrected chi connectivity index (χ0v) is 13.1. The van der Waals surface area contributed by atoms with Crippen molar-refractivity contribution in [3.8, 4) is 0 Å². The summed E-state index contributed by atoms with van der Waals surface area (Å²) in [7, 11) is 0. The van der Waals surface area contributed by atoms with Gasteiger partial charge in [-0.25, -0.2) is 9.78 Å². The van der Waals surface area contributed by atoms with E-state index < -0.39 is 0 Å². The van der Waals surface area contributed by atoms with Crippen molar-refractivity contribution < 1.29 is 9.53 Å². The van der Waals surface area contributed by atoms with E-state index in [0.29, 0.717) is 0 Å². The number of hydrogen-bond acceptors (Lipinski definition) is 3. The first kappa shape index (κ1) is 15.7. The van der Waals surface area contributed by atoms with Gasteiger partial charge in [0.25, 0.3) is 0 Å². The van der Waals surface area contributed by atoms with Gasteiger partial charge in [0.2, 0.25) is 0 Å². The van der Waals surface area contributed by atoms with Crippen LogP contribution in [0.25, 0.3) is 23.1 Å². The molecule has 0 N–H and O–H groups in total. The van der Waals surface area contributed by atoms with Gasteiger partial charge in [0, 0.05) is 11.5 Å². The maximum atomic E-state index is 11.7. The lowest BCUT2D eigenvalue weighted by Crippen LogP contribution is -2.00. The second kappa shape index (κ2) is 7.88. The molecule has 0 aliphatic heterocycles. The SMILES string of the molecule is O=C(/C=C/c1ccc2ccccc2n1)OC/C=C/c1ccccc1. The molecule has 0 fully saturated rings. The number of aromatic nitrogens is 1. The molecule has 3 nitrogen and oxygen atoms in total. The maximum absolute atomic E-state index is 11.7. The number of carbonyl (C=O) groups is 1. The number of hydrogen-bond donors (Lipinski definition) is 0. The van der Waals surface area contributed by atoms with E-state index in [9.17, 15) is 4.79 Å². The summed E-state index contributed by atoms with van der Waals surface area (Å²) in [5, 5.41) is 1.07. The lowest BCUT2D eigenvalue weighted by atomic mass is 10.2. The van der Waals surface area contributed by atoms with Gasteiger partial charge in [-0.1, -0.05) is 60.7 Å². The molecule has 0 saturated heterocycles. The summed E-state index contributed by atoms with van der Waals surface area (Å²) in [4.78, 5) is 16.2. The van der Waals surface area contributed by atoms with Gasteiger partial charge in [-0.05, 0) is 29.8 Å². The molecular weight excluding hydrogens is 298 g/mol. The monoisotopic (exact) mass is 315 g/mol. The standard InChI is InChI=1S/C21H17NO2/c23-21(24-16-6-9-17-7-2-1-3-8-17)15-14-19-13-12-18-10-4-5-11-20(18)22-19/h1-15H,16H2/b9-6+,15-14+. The Kier molecular flexibility index (Phi) is 5.15. The van der Waals surface area contributed by atoms with Crippen LogP contribution in [0.15, 0.2) is 78.9 Å². The topological polar surface area (TPSA) is 39.2 Å². The van der Waals surface area contributed by atoms with Crippen LogP contribution in [0.5, 0.6) is 0 Å². The average molecular weight is 315 g/mol. The molecule has 2 aromatic carbocycles. The Morgan fingerprint density at radius 2 is 1.71 bits per heavy atom. The third-order valence-electron chi connectivity index (χ3n) is 3.44. The molecule has 1 heterocycles. The van der Waals surface area contributed by atoms with Crippen molar-refractivity contribution in [2.75, 3.05) is 6.61 Å². The van der Waals surface area contributed by atoms with E-state index in [-0.39, 0.29) is 12.6 Å². The quantitative estimate of drug-likeness (QED) is 0.514. The Labute approximate surface area is 140 Å². The lowest BCUT2D eigenvalue weighted by molar-refractivity contribution is -0.136. The fourth-order valence-corrected chi connectivity index (χ4v) is 2.25. The molecule has 0 radical (unpaired) electrons. The van der Waals surface area contributed by atoms with E-state index in [1.54, 1.807) is 6.08 Å². The van der Waals surface area contributed by atoms with Crippen LogP contribution in [0.1, 0.15) is 11.3 Å². The van der Waals surface area contributed by atoms with Crippen molar-refractivity contribution in [1.82, 2.24) is 4.98 Å². The molecule has 0 saturated carbocycles. The zero-order valence-electron chi connectivity index (χ0n) is 13.1. The number of ether oxygens (including phenoxy) is 1. The minimum atomic E-state index is -0.386. The summed E-state index contributed by atoms with van der Waals surface area (Å²) < 4.78 is 5.13. The lowest BCUT2D eigenvalue weighted by Gasteiger charge is -1.99. The maximum Gasteiger partial charge on any atom is 0.331 e. The van der Waals surface area contributed by atoms with Crippen LogP contribution in [0.2, 0.25) is 0 Å². The van der Waals surface area contributed by atoms with Crippen LogP contribution >= 0.6 is 0 Å². The smallest absolute Gasteiger partial charge is 0.331 e. The largest absolute Gasteiger partial charge is 0.458 e.